The van der Waals surface area contributed by atoms with Crippen molar-refractivity contribution in [2.45, 2.75) is 19.0 Å². The van der Waals surface area contributed by atoms with Crippen LogP contribution in [0.3, 0.4) is 0 Å². The van der Waals surface area contributed by atoms with Crippen LogP contribution < -0.4 is 15.4 Å². The van der Waals surface area contributed by atoms with Crippen molar-refractivity contribution in [3.8, 4) is 5.75 Å². The lowest BCUT2D eigenvalue weighted by molar-refractivity contribution is -0.125. The maximum absolute atomic E-state index is 13.5. The van der Waals surface area contributed by atoms with Gasteiger partial charge in [-0.1, -0.05) is 12.1 Å². The monoisotopic (exact) mass is 238 g/mol. The van der Waals surface area contributed by atoms with Crippen LogP contribution >= 0.6 is 0 Å². The standard InChI is InChI=1S/C12H15FN2O2/c1-7-6-14-12(16)10(15-7)8-4-3-5-9(13)11(8)17-2/h3-5,7,10,15H,6H2,1-2H3,(H,14,16). The molecule has 0 aromatic heterocycles. The summed E-state index contributed by atoms with van der Waals surface area (Å²) in [5.41, 5.74) is 0.525. The van der Waals surface area contributed by atoms with E-state index in [4.69, 9.17) is 4.74 Å². The van der Waals surface area contributed by atoms with E-state index in [0.29, 0.717) is 12.1 Å². The van der Waals surface area contributed by atoms with Crippen molar-refractivity contribution in [2.24, 2.45) is 0 Å². The van der Waals surface area contributed by atoms with Crippen molar-refractivity contribution in [3.05, 3.63) is 29.6 Å². The van der Waals surface area contributed by atoms with Gasteiger partial charge in [-0.15, -0.1) is 0 Å². The summed E-state index contributed by atoms with van der Waals surface area (Å²) in [5.74, 6) is -0.501. The highest BCUT2D eigenvalue weighted by Gasteiger charge is 2.29. The summed E-state index contributed by atoms with van der Waals surface area (Å²) in [7, 11) is 1.39. The summed E-state index contributed by atoms with van der Waals surface area (Å²) >= 11 is 0. The smallest absolute Gasteiger partial charge is 0.241 e. The fraction of sp³-hybridized carbons (Fsp3) is 0.417. The highest BCUT2D eigenvalue weighted by molar-refractivity contribution is 5.84. The molecular formula is C12H15FN2O2. The van der Waals surface area contributed by atoms with Gasteiger partial charge in [0.05, 0.1) is 7.11 Å². The lowest BCUT2D eigenvalue weighted by atomic mass is 10.0. The van der Waals surface area contributed by atoms with Crippen molar-refractivity contribution >= 4 is 5.91 Å². The molecule has 2 rings (SSSR count). The highest BCUT2D eigenvalue weighted by Crippen LogP contribution is 2.29. The van der Waals surface area contributed by atoms with Crippen molar-refractivity contribution in [2.75, 3.05) is 13.7 Å². The number of halogens is 1. The van der Waals surface area contributed by atoms with E-state index in [1.54, 1.807) is 12.1 Å². The summed E-state index contributed by atoms with van der Waals surface area (Å²) in [6.45, 7) is 2.53. The molecule has 0 spiro atoms. The molecule has 0 radical (unpaired) electrons. The Bertz CT molecular complexity index is 437. The van der Waals surface area contributed by atoms with E-state index in [2.05, 4.69) is 10.6 Å². The van der Waals surface area contributed by atoms with Gasteiger partial charge in [0.15, 0.2) is 11.6 Å². The second kappa shape index (κ2) is 4.71. The summed E-state index contributed by atoms with van der Waals surface area (Å²) in [4.78, 5) is 11.8. The van der Waals surface area contributed by atoms with Crippen molar-refractivity contribution in [1.29, 1.82) is 0 Å². The van der Waals surface area contributed by atoms with Gasteiger partial charge >= 0.3 is 0 Å². The molecule has 1 amide bonds. The second-order valence-electron chi connectivity index (χ2n) is 4.11. The molecule has 0 bridgehead atoms. The van der Waals surface area contributed by atoms with Crippen LogP contribution in [0.1, 0.15) is 18.5 Å². The molecule has 1 aliphatic rings. The minimum atomic E-state index is -0.565. The first-order chi connectivity index (χ1) is 8.13. The summed E-state index contributed by atoms with van der Waals surface area (Å²) in [6.07, 6.45) is 0. The number of hydrogen-bond acceptors (Lipinski definition) is 3. The molecule has 1 fully saturated rings. The number of nitrogens with one attached hydrogen (secondary N) is 2. The van der Waals surface area contributed by atoms with Crippen molar-refractivity contribution in [3.63, 3.8) is 0 Å². The van der Waals surface area contributed by atoms with Crippen molar-refractivity contribution < 1.29 is 13.9 Å². The number of piperazine rings is 1. The lowest BCUT2D eigenvalue weighted by Gasteiger charge is -2.29. The molecular weight excluding hydrogens is 223 g/mol. The Hall–Kier alpha value is -1.62. The van der Waals surface area contributed by atoms with E-state index >= 15 is 0 Å². The van der Waals surface area contributed by atoms with E-state index in [1.165, 1.54) is 13.2 Å². The third-order valence-corrected chi connectivity index (χ3v) is 2.81. The Morgan fingerprint density at radius 1 is 1.47 bits per heavy atom. The Kier molecular flexibility index (Phi) is 3.28. The van der Waals surface area contributed by atoms with Crippen LogP contribution in [-0.2, 0) is 4.79 Å². The van der Waals surface area contributed by atoms with Crippen molar-refractivity contribution in [1.82, 2.24) is 10.6 Å². The fourth-order valence-electron chi connectivity index (χ4n) is 1.97. The molecule has 0 aliphatic carbocycles. The average molecular weight is 238 g/mol. The molecule has 2 atom stereocenters. The van der Waals surface area contributed by atoms with Gasteiger partial charge in [0, 0.05) is 18.2 Å². The first kappa shape index (κ1) is 11.9. The van der Waals surface area contributed by atoms with Crippen LogP contribution in [0.15, 0.2) is 18.2 Å². The maximum Gasteiger partial charge on any atom is 0.241 e. The molecule has 4 nitrogen and oxygen atoms in total. The maximum atomic E-state index is 13.5. The van der Waals surface area contributed by atoms with Crippen LogP contribution in [0.2, 0.25) is 0 Å². The minimum Gasteiger partial charge on any atom is -0.493 e. The predicted octanol–water partition coefficient (Wildman–Crippen LogP) is 0.983. The van der Waals surface area contributed by atoms with Crippen LogP contribution in [0.25, 0.3) is 0 Å². The first-order valence-corrected chi connectivity index (χ1v) is 5.49. The SMILES string of the molecule is COc1c(F)cccc1C1NC(C)CNC1=O. The zero-order chi connectivity index (χ0) is 12.4. The first-order valence-electron chi connectivity index (χ1n) is 5.49. The van der Waals surface area contributed by atoms with E-state index in [-0.39, 0.29) is 17.7 Å². The van der Waals surface area contributed by atoms with Gasteiger partial charge < -0.3 is 10.1 Å². The molecule has 2 unspecified atom stereocenters. The van der Waals surface area contributed by atoms with E-state index < -0.39 is 11.9 Å². The quantitative estimate of drug-likeness (QED) is 0.807. The molecule has 1 aromatic carbocycles. The number of ether oxygens (including phenoxy) is 1. The third kappa shape index (κ3) is 2.24. The number of amides is 1. The molecule has 1 heterocycles. The number of hydrogen-bond donors (Lipinski definition) is 2. The molecule has 1 aliphatic heterocycles. The van der Waals surface area contributed by atoms with Gasteiger partial charge in [0.2, 0.25) is 5.91 Å². The zero-order valence-electron chi connectivity index (χ0n) is 9.79. The lowest BCUT2D eigenvalue weighted by Crippen LogP contribution is -2.52. The number of carbonyl (C=O) groups is 1. The fourth-order valence-corrected chi connectivity index (χ4v) is 1.97. The van der Waals surface area contributed by atoms with Gasteiger partial charge in [0.25, 0.3) is 0 Å². The van der Waals surface area contributed by atoms with Gasteiger partial charge in [-0.05, 0) is 13.0 Å². The Balaban J connectivity index is 2.38. The number of methoxy groups -OCH3 is 1. The van der Waals surface area contributed by atoms with E-state index in [9.17, 15) is 9.18 Å². The number of carbonyl (C=O) groups excluding carboxylic acids is 1. The Morgan fingerprint density at radius 2 is 2.24 bits per heavy atom. The number of para-hydroxylation sites is 1. The normalized spacial score (nSPS) is 24.3. The predicted molar refractivity (Wildman–Crippen MR) is 61.3 cm³/mol. The van der Waals surface area contributed by atoms with E-state index in [1.807, 2.05) is 6.92 Å². The van der Waals surface area contributed by atoms with Crippen LogP contribution in [0.4, 0.5) is 4.39 Å². The summed E-state index contributed by atoms with van der Waals surface area (Å²) in [6, 6.07) is 4.15. The topological polar surface area (TPSA) is 50.4 Å². The van der Waals surface area contributed by atoms with Gasteiger partial charge in [-0.2, -0.15) is 0 Å². The molecule has 1 aromatic rings. The van der Waals surface area contributed by atoms with Gasteiger partial charge in [-0.25, -0.2) is 4.39 Å². The Morgan fingerprint density at radius 3 is 2.94 bits per heavy atom. The highest BCUT2D eigenvalue weighted by atomic mass is 19.1. The van der Waals surface area contributed by atoms with Gasteiger partial charge in [0.1, 0.15) is 6.04 Å². The molecule has 5 heteroatoms. The third-order valence-electron chi connectivity index (χ3n) is 2.81. The summed E-state index contributed by atoms with van der Waals surface area (Å²) < 4.78 is 18.6. The van der Waals surface area contributed by atoms with Crippen LogP contribution in [0.5, 0.6) is 5.75 Å². The number of benzene rings is 1. The molecule has 17 heavy (non-hydrogen) atoms. The van der Waals surface area contributed by atoms with E-state index in [0.717, 1.165) is 0 Å². The molecule has 92 valence electrons. The largest absolute Gasteiger partial charge is 0.493 e. The minimum absolute atomic E-state index is 0.120. The molecule has 2 N–H and O–H groups in total. The Labute approximate surface area is 99.2 Å². The zero-order valence-corrected chi connectivity index (χ0v) is 9.79. The number of rotatable bonds is 2. The van der Waals surface area contributed by atoms with Crippen LogP contribution in [0, 0.1) is 5.82 Å². The molecule has 1 saturated heterocycles. The summed E-state index contributed by atoms with van der Waals surface area (Å²) in [5, 5.41) is 5.90. The average Bonchev–Trinajstić information content (AvgIpc) is 2.32. The second-order valence-corrected chi connectivity index (χ2v) is 4.11. The van der Waals surface area contributed by atoms with Crippen LogP contribution in [-0.4, -0.2) is 25.6 Å². The van der Waals surface area contributed by atoms with Gasteiger partial charge in [-0.3, -0.25) is 10.1 Å². The molecule has 0 saturated carbocycles.